The Hall–Kier alpha value is -1.11. The predicted molar refractivity (Wildman–Crippen MR) is 83.3 cm³/mol. The van der Waals surface area contributed by atoms with Crippen LogP contribution in [0.3, 0.4) is 0 Å². The van der Waals surface area contributed by atoms with Crippen molar-refractivity contribution in [1.29, 1.82) is 0 Å². The number of nitrogens with one attached hydrogen (secondary N) is 1. The van der Waals surface area contributed by atoms with E-state index in [1.54, 1.807) is 25.1 Å². The summed E-state index contributed by atoms with van der Waals surface area (Å²) in [6.07, 6.45) is 0.270. The minimum absolute atomic E-state index is 0.0965. The average molecular weight is 379 g/mol. The van der Waals surface area contributed by atoms with E-state index in [1.807, 2.05) is 0 Å². The van der Waals surface area contributed by atoms with E-state index in [4.69, 9.17) is 21.1 Å². The number of hydrogen-bond acceptors (Lipinski definition) is 4. The molecule has 0 heterocycles. The minimum Gasteiger partial charge on any atom is -0.467 e. The number of methoxy groups -OCH3 is 1. The molecule has 0 aliphatic carbocycles. The summed E-state index contributed by atoms with van der Waals surface area (Å²) in [5, 5.41) is 3.15. The van der Waals surface area contributed by atoms with Crippen LogP contribution in [0.25, 0.3) is 0 Å². The highest BCUT2D eigenvalue weighted by molar-refractivity contribution is 9.10. The number of carbonyl (C=O) groups excluding carboxylic acids is 2. The maximum absolute atomic E-state index is 11.8. The molecule has 0 saturated carbocycles. The van der Waals surface area contributed by atoms with Crippen molar-refractivity contribution in [2.75, 3.05) is 20.3 Å². The molecule has 116 valence electrons. The molecule has 0 fully saturated rings. The quantitative estimate of drug-likeness (QED) is 0.740. The molecular weight excluding hydrogens is 362 g/mol. The number of benzene rings is 1. The smallest absolute Gasteiger partial charge is 0.328 e. The van der Waals surface area contributed by atoms with Gasteiger partial charge in [0, 0.05) is 22.5 Å². The SMILES string of the molecule is CCOCC(=O)N[C@H](Cc1cc(Cl)ccc1Br)C(=O)OC. The molecule has 21 heavy (non-hydrogen) atoms. The van der Waals surface area contributed by atoms with E-state index in [0.29, 0.717) is 11.6 Å². The molecule has 0 aromatic heterocycles. The first-order valence-corrected chi connectivity index (χ1v) is 7.53. The van der Waals surface area contributed by atoms with Crippen molar-refractivity contribution in [2.24, 2.45) is 0 Å². The van der Waals surface area contributed by atoms with Gasteiger partial charge in [-0.15, -0.1) is 0 Å². The van der Waals surface area contributed by atoms with Gasteiger partial charge >= 0.3 is 5.97 Å². The Morgan fingerprint density at radius 2 is 2.14 bits per heavy atom. The van der Waals surface area contributed by atoms with Crippen molar-refractivity contribution in [3.8, 4) is 0 Å². The van der Waals surface area contributed by atoms with Crippen molar-refractivity contribution in [1.82, 2.24) is 5.32 Å². The number of ether oxygens (including phenoxy) is 2. The lowest BCUT2D eigenvalue weighted by molar-refractivity contribution is -0.145. The Kier molecular flexibility index (Phi) is 7.71. The Labute approximate surface area is 137 Å². The van der Waals surface area contributed by atoms with Gasteiger partial charge in [0.2, 0.25) is 5.91 Å². The van der Waals surface area contributed by atoms with E-state index in [0.717, 1.165) is 10.0 Å². The zero-order chi connectivity index (χ0) is 15.8. The molecule has 1 atom stereocenters. The summed E-state index contributed by atoms with van der Waals surface area (Å²) in [7, 11) is 1.27. The van der Waals surface area contributed by atoms with Crippen LogP contribution in [0, 0.1) is 0 Å². The van der Waals surface area contributed by atoms with Crippen molar-refractivity contribution >= 4 is 39.4 Å². The minimum atomic E-state index is -0.794. The second kappa shape index (κ2) is 9.02. The number of esters is 1. The highest BCUT2D eigenvalue weighted by atomic mass is 79.9. The molecule has 0 aliphatic rings. The first-order valence-electron chi connectivity index (χ1n) is 6.36. The summed E-state index contributed by atoms with van der Waals surface area (Å²) in [6, 6.07) is 4.46. The van der Waals surface area contributed by atoms with Gasteiger partial charge in [-0.25, -0.2) is 4.79 Å². The molecule has 1 amide bonds. The van der Waals surface area contributed by atoms with E-state index in [9.17, 15) is 9.59 Å². The zero-order valence-electron chi connectivity index (χ0n) is 11.8. The number of amides is 1. The monoisotopic (exact) mass is 377 g/mol. The van der Waals surface area contributed by atoms with Crippen LogP contribution >= 0.6 is 27.5 Å². The molecule has 7 heteroatoms. The highest BCUT2D eigenvalue weighted by Crippen LogP contribution is 2.22. The maximum Gasteiger partial charge on any atom is 0.328 e. The summed E-state index contributed by atoms with van der Waals surface area (Å²) in [5.74, 6) is -0.892. The lowest BCUT2D eigenvalue weighted by Crippen LogP contribution is -2.44. The van der Waals surface area contributed by atoms with Gasteiger partial charge in [-0.2, -0.15) is 0 Å². The van der Waals surface area contributed by atoms with Crippen LogP contribution in [-0.2, 0) is 25.5 Å². The summed E-state index contributed by atoms with van der Waals surface area (Å²) in [6.45, 7) is 2.12. The van der Waals surface area contributed by atoms with Crippen LogP contribution in [0.5, 0.6) is 0 Å². The summed E-state index contributed by atoms with van der Waals surface area (Å²) in [4.78, 5) is 23.5. The van der Waals surface area contributed by atoms with Gasteiger partial charge in [0.25, 0.3) is 0 Å². The summed E-state index contributed by atoms with van der Waals surface area (Å²) < 4.78 is 10.5. The van der Waals surface area contributed by atoms with E-state index >= 15 is 0 Å². The lowest BCUT2D eigenvalue weighted by Gasteiger charge is -2.17. The molecule has 1 rings (SSSR count). The van der Waals surface area contributed by atoms with E-state index < -0.39 is 12.0 Å². The number of hydrogen-bond donors (Lipinski definition) is 1. The number of rotatable bonds is 7. The van der Waals surface area contributed by atoms with Crippen LogP contribution in [0.1, 0.15) is 12.5 Å². The summed E-state index contributed by atoms with van der Waals surface area (Å²) >= 11 is 9.33. The molecule has 1 aromatic carbocycles. The molecule has 0 saturated heterocycles. The van der Waals surface area contributed by atoms with Crippen LogP contribution in [0.15, 0.2) is 22.7 Å². The molecule has 0 spiro atoms. The second-order valence-electron chi connectivity index (χ2n) is 4.22. The molecule has 5 nitrogen and oxygen atoms in total. The molecular formula is C14H17BrClNO4. The number of carbonyl (C=O) groups is 2. The van der Waals surface area contributed by atoms with Crippen LogP contribution in [0.2, 0.25) is 5.02 Å². The summed E-state index contributed by atoms with van der Waals surface area (Å²) in [5.41, 5.74) is 0.801. The first-order chi connectivity index (χ1) is 9.97. The third-order valence-electron chi connectivity index (χ3n) is 2.69. The first kappa shape index (κ1) is 17.9. The third kappa shape index (κ3) is 6.03. The Morgan fingerprint density at radius 1 is 1.43 bits per heavy atom. The fraction of sp³-hybridized carbons (Fsp3) is 0.429. The Balaban J connectivity index is 2.81. The Morgan fingerprint density at radius 3 is 2.76 bits per heavy atom. The van der Waals surface area contributed by atoms with Crippen molar-refractivity contribution in [3.05, 3.63) is 33.3 Å². The topological polar surface area (TPSA) is 64.6 Å². The Bertz CT molecular complexity index is 510. The van der Waals surface area contributed by atoms with Crippen LogP contribution in [0.4, 0.5) is 0 Å². The van der Waals surface area contributed by atoms with Gasteiger partial charge in [-0.05, 0) is 30.7 Å². The van der Waals surface area contributed by atoms with Gasteiger partial charge in [-0.1, -0.05) is 27.5 Å². The molecule has 0 radical (unpaired) electrons. The van der Waals surface area contributed by atoms with E-state index in [-0.39, 0.29) is 18.9 Å². The second-order valence-corrected chi connectivity index (χ2v) is 5.51. The van der Waals surface area contributed by atoms with Crippen molar-refractivity contribution in [3.63, 3.8) is 0 Å². The predicted octanol–water partition coefficient (Wildman–Crippen LogP) is 2.34. The molecule has 0 unspecified atom stereocenters. The fourth-order valence-electron chi connectivity index (χ4n) is 1.69. The van der Waals surface area contributed by atoms with Crippen LogP contribution < -0.4 is 5.32 Å². The van der Waals surface area contributed by atoms with Crippen LogP contribution in [-0.4, -0.2) is 38.2 Å². The largest absolute Gasteiger partial charge is 0.467 e. The van der Waals surface area contributed by atoms with Crippen molar-refractivity contribution in [2.45, 2.75) is 19.4 Å². The normalized spacial score (nSPS) is 11.8. The highest BCUT2D eigenvalue weighted by Gasteiger charge is 2.23. The maximum atomic E-state index is 11.8. The van der Waals surface area contributed by atoms with E-state index in [1.165, 1.54) is 7.11 Å². The molecule has 1 aromatic rings. The molecule has 0 bridgehead atoms. The molecule has 0 aliphatic heterocycles. The third-order valence-corrected chi connectivity index (χ3v) is 3.70. The molecule has 1 N–H and O–H groups in total. The van der Waals surface area contributed by atoms with Gasteiger partial charge in [-0.3, -0.25) is 4.79 Å². The van der Waals surface area contributed by atoms with Gasteiger partial charge in [0.1, 0.15) is 12.6 Å². The fourth-order valence-corrected chi connectivity index (χ4v) is 2.29. The average Bonchev–Trinajstić information content (AvgIpc) is 2.47. The van der Waals surface area contributed by atoms with Gasteiger partial charge in [0.15, 0.2) is 0 Å². The van der Waals surface area contributed by atoms with Crippen molar-refractivity contribution < 1.29 is 19.1 Å². The zero-order valence-corrected chi connectivity index (χ0v) is 14.2. The van der Waals surface area contributed by atoms with E-state index in [2.05, 4.69) is 21.2 Å². The number of halogens is 2. The van der Waals surface area contributed by atoms with Gasteiger partial charge < -0.3 is 14.8 Å². The lowest BCUT2D eigenvalue weighted by atomic mass is 10.1. The standard InChI is InChI=1S/C14H17BrClNO4/c1-3-21-8-13(18)17-12(14(19)20-2)7-9-6-10(16)4-5-11(9)15/h4-6,12H,3,7-8H2,1-2H3,(H,17,18)/t12-/m1/s1. The van der Waals surface area contributed by atoms with Gasteiger partial charge in [0.05, 0.1) is 7.11 Å².